The van der Waals surface area contributed by atoms with Gasteiger partial charge in [-0.25, -0.2) is 4.79 Å². The number of rotatable bonds is 1. The first-order valence-electron chi connectivity index (χ1n) is 2.59. The molecule has 54 valence electrons. The molecular weight excluding hydrogens is 151 g/mol. The maximum absolute atomic E-state index is 10.2. The minimum atomic E-state index is -0.879. The Balaban J connectivity index is 0. The topological polar surface area (TPSA) is 37.3 Å². The second-order valence-electron chi connectivity index (χ2n) is 1.67. The Labute approximate surface area is 88.5 Å². The molecular formula is C8H9NaO2. The molecule has 0 spiro atoms. The van der Waals surface area contributed by atoms with Gasteiger partial charge < -0.3 is 12.5 Å². The van der Waals surface area contributed by atoms with Crippen molar-refractivity contribution in [1.82, 2.24) is 0 Å². The molecule has 0 saturated carbocycles. The van der Waals surface area contributed by atoms with Crippen molar-refractivity contribution in [3.05, 3.63) is 43.3 Å². The van der Waals surface area contributed by atoms with Gasteiger partial charge in [-0.3, -0.25) is 0 Å². The van der Waals surface area contributed by atoms with Crippen LogP contribution in [0.3, 0.4) is 0 Å². The second-order valence-corrected chi connectivity index (χ2v) is 1.67. The molecule has 1 N–H and O–H groups in total. The summed E-state index contributed by atoms with van der Waals surface area (Å²) in [5.41, 5.74) is 0.331. The Kier molecular flexibility index (Phi) is 7.74. The summed E-state index contributed by atoms with van der Waals surface area (Å²) in [5, 5.41) is 8.38. The summed E-state index contributed by atoms with van der Waals surface area (Å²) in [6.45, 7) is 0. The van der Waals surface area contributed by atoms with Crippen LogP contribution in [0.2, 0.25) is 0 Å². The summed E-state index contributed by atoms with van der Waals surface area (Å²) < 4.78 is 0. The molecule has 0 heterocycles. The van der Waals surface area contributed by atoms with Gasteiger partial charge in [0.2, 0.25) is 0 Å². The molecule has 0 fully saturated rings. The normalized spacial score (nSPS) is 7.27. The fourth-order valence-electron chi connectivity index (χ4n) is 0.581. The summed E-state index contributed by atoms with van der Waals surface area (Å²) in [4.78, 5) is 10.2. The Hall–Kier alpha value is -0.310. The molecule has 3 heteroatoms. The van der Waals surface area contributed by atoms with Gasteiger partial charge >= 0.3 is 35.5 Å². The molecule has 1 aromatic rings. The number of aromatic carboxylic acids is 1. The van der Waals surface area contributed by atoms with Crippen LogP contribution >= 0.6 is 0 Å². The van der Waals surface area contributed by atoms with Crippen molar-refractivity contribution >= 4 is 5.97 Å². The Morgan fingerprint density at radius 2 is 1.64 bits per heavy atom. The first-order chi connectivity index (χ1) is 4.30. The quantitative estimate of drug-likeness (QED) is 0.415. The predicted octanol–water partition coefficient (Wildman–Crippen LogP) is -1.16. The predicted molar refractivity (Wildman–Crippen MR) is 39.8 cm³/mol. The molecule has 1 rings (SSSR count). The van der Waals surface area contributed by atoms with E-state index < -0.39 is 5.97 Å². The van der Waals surface area contributed by atoms with Crippen molar-refractivity contribution in [2.75, 3.05) is 0 Å². The van der Waals surface area contributed by atoms with Crippen molar-refractivity contribution in [3.63, 3.8) is 0 Å². The van der Waals surface area contributed by atoms with Crippen molar-refractivity contribution < 1.29 is 39.5 Å². The molecule has 0 saturated heterocycles. The van der Waals surface area contributed by atoms with Gasteiger partial charge in [-0.05, 0) is 12.1 Å². The second kappa shape index (κ2) is 6.40. The van der Waals surface area contributed by atoms with Gasteiger partial charge in [0.15, 0.2) is 0 Å². The van der Waals surface area contributed by atoms with Crippen molar-refractivity contribution in [1.29, 1.82) is 0 Å². The molecule has 0 radical (unpaired) electrons. The first kappa shape index (κ1) is 13.3. The van der Waals surface area contributed by atoms with E-state index in [0.29, 0.717) is 5.56 Å². The zero-order valence-corrected chi connectivity index (χ0v) is 8.74. The fraction of sp³-hybridized carbons (Fsp3) is 0. The average molecular weight is 160 g/mol. The first-order valence-corrected chi connectivity index (χ1v) is 2.59. The number of carboxylic acids is 1. The Bertz CT molecular complexity index is 209. The van der Waals surface area contributed by atoms with Crippen LogP contribution in [-0.4, -0.2) is 11.1 Å². The molecule has 0 aliphatic rings. The van der Waals surface area contributed by atoms with Crippen LogP contribution in [0.1, 0.15) is 10.4 Å². The number of hydrogen-bond donors (Lipinski definition) is 1. The zero-order chi connectivity index (χ0) is 6.69. The minimum Gasteiger partial charge on any atom is -0.478 e. The van der Waals surface area contributed by atoms with Crippen LogP contribution < -0.4 is 29.6 Å². The number of carboxylic acid groups (broad SMARTS) is 1. The van der Waals surface area contributed by atoms with E-state index in [4.69, 9.17) is 5.11 Å². The average Bonchev–Trinajstić information content (AvgIpc) is 1.90. The van der Waals surface area contributed by atoms with E-state index in [1.165, 1.54) is 0 Å². The van der Waals surface area contributed by atoms with Gasteiger partial charge in [-0.2, -0.15) is 0 Å². The fourth-order valence-corrected chi connectivity index (χ4v) is 0.581. The van der Waals surface area contributed by atoms with Crippen molar-refractivity contribution in [3.8, 4) is 0 Å². The smallest absolute Gasteiger partial charge is 0.478 e. The van der Waals surface area contributed by atoms with Gasteiger partial charge in [0.1, 0.15) is 0 Å². The van der Waals surface area contributed by atoms with Gasteiger partial charge in [0, 0.05) is 0 Å². The maximum Gasteiger partial charge on any atom is 1.00 e. The van der Waals surface area contributed by atoms with Crippen LogP contribution in [0, 0.1) is 7.43 Å². The Morgan fingerprint density at radius 1 is 1.18 bits per heavy atom. The molecule has 0 atom stereocenters. The third kappa shape index (κ3) is 4.19. The molecule has 0 amide bonds. The number of carbonyl (C=O) groups is 1. The molecule has 0 aliphatic heterocycles. The third-order valence-corrected chi connectivity index (χ3v) is 1.02. The summed E-state index contributed by atoms with van der Waals surface area (Å²) in [5.74, 6) is -0.879. The molecule has 0 aliphatic carbocycles. The summed E-state index contributed by atoms with van der Waals surface area (Å²) in [6, 6.07) is 8.30. The van der Waals surface area contributed by atoms with E-state index >= 15 is 0 Å². The number of hydrogen-bond acceptors (Lipinski definition) is 1. The van der Waals surface area contributed by atoms with Crippen molar-refractivity contribution in [2.24, 2.45) is 0 Å². The largest absolute Gasteiger partial charge is 1.00 e. The SMILES string of the molecule is O=C(O)c1ccccc1.[CH3-].[Na+]. The van der Waals surface area contributed by atoms with E-state index in [1.54, 1.807) is 30.3 Å². The van der Waals surface area contributed by atoms with Gasteiger partial charge in [-0.1, -0.05) is 18.2 Å². The molecule has 1 aromatic carbocycles. The molecule has 0 unspecified atom stereocenters. The van der Waals surface area contributed by atoms with E-state index in [-0.39, 0.29) is 37.0 Å². The molecule has 0 bridgehead atoms. The van der Waals surface area contributed by atoms with Gasteiger partial charge in [-0.15, -0.1) is 0 Å². The zero-order valence-electron chi connectivity index (χ0n) is 6.74. The van der Waals surface area contributed by atoms with Crippen molar-refractivity contribution in [2.45, 2.75) is 0 Å². The number of benzene rings is 1. The van der Waals surface area contributed by atoms with E-state index in [0.717, 1.165) is 0 Å². The van der Waals surface area contributed by atoms with Gasteiger partial charge in [0.05, 0.1) is 5.56 Å². The maximum atomic E-state index is 10.2. The third-order valence-electron chi connectivity index (χ3n) is 1.02. The monoisotopic (exact) mass is 160 g/mol. The Morgan fingerprint density at radius 3 is 1.91 bits per heavy atom. The van der Waals surface area contributed by atoms with E-state index in [9.17, 15) is 4.79 Å². The van der Waals surface area contributed by atoms with Crippen LogP contribution in [0.25, 0.3) is 0 Å². The molecule has 0 aromatic heterocycles. The van der Waals surface area contributed by atoms with Gasteiger partial charge in [0.25, 0.3) is 0 Å². The minimum absolute atomic E-state index is 0. The van der Waals surface area contributed by atoms with Crippen LogP contribution in [-0.2, 0) is 0 Å². The standard InChI is InChI=1S/C7H6O2.CH3.Na/c8-7(9)6-4-2-1-3-5-6;;/h1-5H,(H,8,9);1H3;/q;-1;+1. The summed E-state index contributed by atoms with van der Waals surface area (Å²) in [7, 11) is 0. The van der Waals surface area contributed by atoms with Crippen LogP contribution in [0.4, 0.5) is 0 Å². The summed E-state index contributed by atoms with van der Waals surface area (Å²) >= 11 is 0. The molecule has 2 nitrogen and oxygen atoms in total. The van der Waals surface area contributed by atoms with E-state index in [2.05, 4.69) is 0 Å². The molecule has 11 heavy (non-hydrogen) atoms. The summed E-state index contributed by atoms with van der Waals surface area (Å²) in [6.07, 6.45) is 0. The van der Waals surface area contributed by atoms with Crippen LogP contribution in [0.15, 0.2) is 30.3 Å². The van der Waals surface area contributed by atoms with Crippen LogP contribution in [0.5, 0.6) is 0 Å². The van der Waals surface area contributed by atoms with E-state index in [1.807, 2.05) is 0 Å².